The second-order valence-electron chi connectivity index (χ2n) is 8.17. The molecule has 0 bridgehead atoms. The fourth-order valence-electron chi connectivity index (χ4n) is 4.53. The highest BCUT2D eigenvalue weighted by Gasteiger charge is 2.38. The van der Waals surface area contributed by atoms with Crippen LogP contribution in [0.5, 0.6) is 11.5 Å². The summed E-state index contributed by atoms with van der Waals surface area (Å²) in [5.41, 5.74) is 1.07. The summed E-state index contributed by atoms with van der Waals surface area (Å²) in [4.78, 5) is 33.9. The number of amides is 2. The normalized spacial score (nSPS) is 21.4. The lowest BCUT2D eigenvalue weighted by atomic mass is 9.96. The highest BCUT2D eigenvalue weighted by molar-refractivity contribution is 7.09. The fourth-order valence-corrected chi connectivity index (χ4v) is 5.29. The summed E-state index contributed by atoms with van der Waals surface area (Å²) in [5, 5.41) is 3.10. The summed E-state index contributed by atoms with van der Waals surface area (Å²) in [6.45, 7) is 2.59. The molecule has 3 heterocycles. The van der Waals surface area contributed by atoms with Crippen LogP contribution in [0, 0.1) is 5.92 Å². The SMILES string of the molecule is COc1ccc(CCN2CC(C(=O)N3CCCC(c4nccs4)C3)CC2=O)cc1OC. The van der Waals surface area contributed by atoms with Crippen molar-refractivity contribution in [3.05, 3.63) is 40.3 Å². The first-order chi connectivity index (χ1) is 15.1. The number of piperidine rings is 1. The smallest absolute Gasteiger partial charge is 0.228 e. The third kappa shape index (κ3) is 4.84. The molecule has 2 saturated heterocycles. The van der Waals surface area contributed by atoms with E-state index in [4.69, 9.17) is 9.47 Å². The highest BCUT2D eigenvalue weighted by atomic mass is 32.1. The molecule has 1 aromatic heterocycles. The van der Waals surface area contributed by atoms with Gasteiger partial charge in [0, 0.05) is 50.1 Å². The first-order valence-corrected chi connectivity index (χ1v) is 11.6. The number of likely N-dealkylation sites (tertiary alicyclic amines) is 2. The topological polar surface area (TPSA) is 72.0 Å². The summed E-state index contributed by atoms with van der Waals surface area (Å²) >= 11 is 1.66. The molecule has 4 rings (SSSR count). The molecular weight excluding hydrogens is 414 g/mol. The number of hydrogen-bond donors (Lipinski definition) is 0. The molecule has 2 amide bonds. The van der Waals surface area contributed by atoms with E-state index in [9.17, 15) is 9.59 Å². The number of carbonyl (C=O) groups is 2. The molecule has 31 heavy (non-hydrogen) atoms. The summed E-state index contributed by atoms with van der Waals surface area (Å²) < 4.78 is 10.6. The van der Waals surface area contributed by atoms with E-state index in [0.717, 1.165) is 30.0 Å². The van der Waals surface area contributed by atoms with Crippen LogP contribution in [0.25, 0.3) is 0 Å². The van der Waals surface area contributed by atoms with E-state index in [1.165, 1.54) is 0 Å². The minimum absolute atomic E-state index is 0.0623. The molecule has 1 aromatic carbocycles. The molecule has 0 saturated carbocycles. The number of thiazole rings is 1. The monoisotopic (exact) mass is 443 g/mol. The number of rotatable bonds is 7. The lowest BCUT2D eigenvalue weighted by Crippen LogP contribution is -2.43. The van der Waals surface area contributed by atoms with Gasteiger partial charge in [0.1, 0.15) is 0 Å². The Morgan fingerprint density at radius 1 is 1.23 bits per heavy atom. The molecule has 7 nitrogen and oxygen atoms in total. The molecule has 0 radical (unpaired) electrons. The van der Waals surface area contributed by atoms with Crippen molar-refractivity contribution in [3.63, 3.8) is 0 Å². The van der Waals surface area contributed by atoms with Crippen molar-refractivity contribution < 1.29 is 19.1 Å². The van der Waals surface area contributed by atoms with E-state index in [1.807, 2.05) is 39.6 Å². The Kier molecular flexibility index (Phi) is 6.75. The Bertz CT molecular complexity index is 918. The second-order valence-corrected chi connectivity index (χ2v) is 9.10. The van der Waals surface area contributed by atoms with Crippen molar-refractivity contribution in [1.29, 1.82) is 0 Å². The number of nitrogens with zero attached hydrogens (tertiary/aromatic N) is 3. The van der Waals surface area contributed by atoms with Crippen LogP contribution in [0.2, 0.25) is 0 Å². The van der Waals surface area contributed by atoms with Gasteiger partial charge in [-0.15, -0.1) is 11.3 Å². The molecule has 2 unspecified atom stereocenters. The van der Waals surface area contributed by atoms with Crippen molar-refractivity contribution in [2.24, 2.45) is 5.92 Å². The van der Waals surface area contributed by atoms with Crippen LogP contribution in [0.15, 0.2) is 29.8 Å². The van der Waals surface area contributed by atoms with E-state index >= 15 is 0 Å². The Hall–Kier alpha value is -2.61. The Morgan fingerprint density at radius 3 is 2.81 bits per heavy atom. The minimum atomic E-state index is -0.243. The average molecular weight is 444 g/mol. The van der Waals surface area contributed by atoms with Gasteiger partial charge in [-0.05, 0) is 37.0 Å². The maximum Gasteiger partial charge on any atom is 0.228 e. The van der Waals surface area contributed by atoms with Crippen molar-refractivity contribution in [3.8, 4) is 11.5 Å². The Balaban J connectivity index is 1.33. The predicted molar refractivity (Wildman–Crippen MR) is 119 cm³/mol. The zero-order valence-corrected chi connectivity index (χ0v) is 18.9. The Labute approximate surface area is 187 Å². The van der Waals surface area contributed by atoms with Gasteiger partial charge < -0.3 is 19.3 Å². The zero-order chi connectivity index (χ0) is 21.8. The van der Waals surface area contributed by atoms with Crippen LogP contribution in [-0.4, -0.2) is 67.0 Å². The van der Waals surface area contributed by atoms with Gasteiger partial charge in [-0.1, -0.05) is 6.07 Å². The Morgan fingerprint density at radius 2 is 2.06 bits per heavy atom. The van der Waals surface area contributed by atoms with Gasteiger partial charge in [0.25, 0.3) is 0 Å². The molecule has 2 aliphatic heterocycles. The summed E-state index contributed by atoms with van der Waals surface area (Å²) in [7, 11) is 3.22. The first-order valence-electron chi connectivity index (χ1n) is 10.8. The first kappa shape index (κ1) is 21.6. The molecule has 0 spiro atoms. The quantitative estimate of drug-likeness (QED) is 0.658. The van der Waals surface area contributed by atoms with Gasteiger partial charge in [0.15, 0.2) is 11.5 Å². The third-order valence-electron chi connectivity index (χ3n) is 6.22. The van der Waals surface area contributed by atoms with Gasteiger partial charge in [0.05, 0.1) is 25.1 Å². The lowest BCUT2D eigenvalue weighted by Gasteiger charge is -2.33. The van der Waals surface area contributed by atoms with E-state index in [0.29, 0.717) is 49.9 Å². The van der Waals surface area contributed by atoms with Crippen molar-refractivity contribution in [2.45, 2.75) is 31.6 Å². The molecule has 2 aromatic rings. The van der Waals surface area contributed by atoms with Gasteiger partial charge >= 0.3 is 0 Å². The van der Waals surface area contributed by atoms with Crippen molar-refractivity contribution >= 4 is 23.2 Å². The van der Waals surface area contributed by atoms with Crippen LogP contribution >= 0.6 is 11.3 Å². The number of methoxy groups -OCH3 is 2. The summed E-state index contributed by atoms with van der Waals surface area (Å²) in [6, 6.07) is 5.80. The van der Waals surface area contributed by atoms with Crippen LogP contribution in [0.4, 0.5) is 0 Å². The molecule has 8 heteroatoms. The molecule has 0 N–H and O–H groups in total. The van der Waals surface area contributed by atoms with E-state index in [-0.39, 0.29) is 17.7 Å². The minimum Gasteiger partial charge on any atom is -0.493 e. The fraction of sp³-hybridized carbons (Fsp3) is 0.522. The van der Waals surface area contributed by atoms with Gasteiger partial charge in [-0.3, -0.25) is 9.59 Å². The highest BCUT2D eigenvalue weighted by Crippen LogP contribution is 2.31. The summed E-state index contributed by atoms with van der Waals surface area (Å²) in [6.07, 6.45) is 4.90. The zero-order valence-electron chi connectivity index (χ0n) is 18.1. The molecule has 2 atom stereocenters. The van der Waals surface area contributed by atoms with Crippen LogP contribution in [0.3, 0.4) is 0 Å². The van der Waals surface area contributed by atoms with E-state index in [1.54, 1.807) is 25.6 Å². The van der Waals surface area contributed by atoms with Gasteiger partial charge in [-0.25, -0.2) is 4.98 Å². The van der Waals surface area contributed by atoms with E-state index in [2.05, 4.69) is 4.98 Å². The van der Waals surface area contributed by atoms with Crippen molar-refractivity contribution in [1.82, 2.24) is 14.8 Å². The molecule has 2 aliphatic rings. The average Bonchev–Trinajstić information content (AvgIpc) is 3.47. The summed E-state index contributed by atoms with van der Waals surface area (Å²) in [5.74, 6) is 1.62. The van der Waals surface area contributed by atoms with Crippen LogP contribution < -0.4 is 9.47 Å². The predicted octanol–water partition coefficient (Wildman–Crippen LogP) is 2.96. The number of aromatic nitrogens is 1. The van der Waals surface area contributed by atoms with Gasteiger partial charge in [-0.2, -0.15) is 0 Å². The van der Waals surface area contributed by atoms with Crippen molar-refractivity contribution in [2.75, 3.05) is 40.4 Å². The maximum absolute atomic E-state index is 13.1. The molecular formula is C23H29N3O4S. The standard InChI is InChI=1S/C23H29N3O4S/c1-29-19-6-5-16(12-20(19)30-2)7-10-25-15-18(13-21(25)27)23(28)26-9-3-4-17(14-26)22-24-8-11-31-22/h5-6,8,11-12,17-18H,3-4,7,9-10,13-15H2,1-2H3. The van der Waals surface area contributed by atoms with Gasteiger partial charge in [0.2, 0.25) is 11.8 Å². The lowest BCUT2D eigenvalue weighted by molar-refractivity contribution is -0.137. The number of hydrogen-bond acceptors (Lipinski definition) is 6. The second kappa shape index (κ2) is 9.68. The number of ether oxygens (including phenoxy) is 2. The molecule has 0 aliphatic carbocycles. The molecule has 166 valence electrons. The number of carbonyl (C=O) groups excluding carboxylic acids is 2. The maximum atomic E-state index is 13.1. The number of benzene rings is 1. The van der Waals surface area contributed by atoms with Crippen LogP contribution in [0.1, 0.15) is 35.8 Å². The van der Waals surface area contributed by atoms with Crippen LogP contribution in [-0.2, 0) is 16.0 Å². The third-order valence-corrected chi connectivity index (χ3v) is 7.15. The van der Waals surface area contributed by atoms with E-state index < -0.39 is 0 Å². The molecule has 2 fully saturated rings. The largest absolute Gasteiger partial charge is 0.493 e.